The molecule has 20 heavy (non-hydrogen) atoms. The Bertz CT molecular complexity index is 851. The van der Waals surface area contributed by atoms with Crippen molar-refractivity contribution in [2.45, 2.75) is 19.9 Å². The van der Waals surface area contributed by atoms with Crippen LogP contribution in [0.3, 0.4) is 0 Å². The lowest BCUT2D eigenvalue weighted by molar-refractivity contribution is 0.280. The minimum atomic E-state index is -0.0884. The number of benzene rings is 1. The Labute approximate surface area is 119 Å². The number of aryl methyl sites for hydroxylation is 2. The van der Waals surface area contributed by atoms with Crippen LogP contribution in [-0.2, 0) is 6.54 Å². The zero-order chi connectivity index (χ0) is 14.3. The van der Waals surface area contributed by atoms with Gasteiger partial charge in [-0.25, -0.2) is 0 Å². The molecule has 0 spiro atoms. The number of fused-ring (bicyclic) bond motifs is 3. The Morgan fingerprint density at radius 1 is 1.45 bits per heavy atom. The van der Waals surface area contributed by atoms with Crippen LogP contribution in [0.1, 0.15) is 12.1 Å². The summed E-state index contributed by atoms with van der Waals surface area (Å²) in [6, 6.07) is 5.39. The van der Waals surface area contributed by atoms with Crippen LogP contribution in [0.15, 0.2) is 23.0 Å². The Balaban J connectivity index is 2.47. The van der Waals surface area contributed by atoms with E-state index in [0.29, 0.717) is 28.9 Å². The minimum Gasteiger partial charge on any atom is -0.396 e. The standard InChI is InChI=1S/C14H14ClN3O2/c1-8-12-13(17-16-8)10-7-9(15)3-4-11(10)18(14(12)20)5-2-6-19/h3-4,7,19H,2,5-6H2,1H3,(H,16,17). The number of pyridine rings is 1. The van der Waals surface area contributed by atoms with Crippen molar-refractivity contribution in [3.63, 3.8) is 0 Å². The molecule has 2 aromatic heterocycles. The first kappa shape index (κ1) is 13.1. The number of aliphatic hydroxyl groups is 1. The van der Waals surface area contributed by atoms with Gasteiger partial charge in [0.2, 0.25) is 0 Å². The van der Waals surface area contributed by atoms with Crippen molar-refractivity contribution in [3.8, 4) is 0 Å². The summed E-state index contributed by atoms with van der Waals surface area (Å²) in [7, 11) is 0. The Morgan fingerprint density at radius 2 is 2.25 bits per heavy atom. The molecule has 2 N–H and O–H groups in total. The molecule has 0 aliphatic heterocycles. The highest BCUT2D eigenvalue weighted by Crippen LogP contribution is 2.25. The third kappa shape index (κ3) is 1.90. The zero-order valence-electron chi connectivity index (χ0n) is 11.0. The molecule has 3 rings (SSSR count). The van der Waals surface area contributed by atoms with Gasteiger partial charge < -0.3 is 9.67 Å². The molecular formula is C14H14ClN3O2. The number of aliphatic hydroxyl groups excluding tert-OH is 1. The van der Waals surface area contributed by atoms with E-state index in [4.69, 9.17) is 16.7 Å². The maximum absolute atomic E-state index is 12.6. The van der Waals surface area contributed by atoms with Crippen molar-refractivity contribution in [1.82, 2.24) is 14.8 Å². The normalized spacial score (nSPS) is 11.6. The summed E-state index contributed by atoms with van der Waals surface area (Å²) in [5.74, 6) is 0. The molecule has 0 unspecified atom stereocenters. The number of aromatic amines is 1. The van der Waals surface area contributed by atoms with Gasteiger partial charge in [-0.15, -0.1) is 0 Å². The molecule has 0 saturated heterocycles. The van der Waals surface area contributed by atoms with Crippen LogP contribution in [0.4, 0.5) is 0 Å². The van der Waals surface area contributed by atoms with E-state index >= 15 is 0 Å². The van der Waals surface area contributed by atoms with Gasteiger partial charge in [-0.3, -0.25) is 9.89 Å². The number of halogens is 1. The van der Waals surface area contributed by atoms with Crippen molar-refractivity contribution in [2.75, 3.05) is 6.61 Å². The Hall–Kier alpha value is -1.85. The third-order valence-corrected chi connectivity index (χ3v) is 3.69. The second-order valence-electron chi connectivity index (χ2n) is 4.77. The van der Waals surface area contributed by atoms with Crippen LogP contribution in [-0.4, -0.2) is 26.5 Å². The van der Waals surface area contributed by atoms with Crippen molar-refractivity contribution >= 4 is 33.4 Å². The molecule has 104 valence electrons. The first-order chi connectivity index (χ1) is 9.63. The number of H-pyrrole nitrogens is 1. The third-order valence-electron chi connectivity index (χ3n) is 3.45. The molecular weight excluding hydrogens is 278 g/mol. The zero-order valence-corrected chi connectivity index (χ0v) is 11.7. The molecule has 0 bridgehead atoms. The molecule has 6 heteroatoms. The summed E-state index contributed by atoms with van der Waals surface area (Å²) < 4.78 is 1.67. The molecule has 0 aliphatic rings. The number of rotatable bonds is 3. The topological polar surface area (TPSA) is 70.9 Å². The van der Waals surface area contributed by atoms with E-state index in [0.717, 1.165) is 16.6 Å². The lowest BCUT2D eigenvalue weighted by Gasteiger charge is -2.10. The van der Waals surface area contributed by atoms with Crippen LogP contribution in [0.25, 0.3) is 21.8 Å². The fourth-order valence-corrected chi connectivity index (χ4v) is 2.69. The number of aromatic nitrogens is 3. The summed E-state index contributed by atoms with van der Waals surface area (Å²) in [6.07, 6.45) is 0.528. The first-order valence-electron chi connectivity index (χ1n) is 6.41. The number of nitrogens with zero attached hydrogens (tertiary/aromatic N) is 2. The second-order valence-corrected chi connectivity index (χ2v) is 5.20. The van der Waals surface area contributed by atoms with Gasteiger partial charge in [-0.1, -0.05) is 11.6 Å². The molecule has 1 aromatic carbocycles. The maximum atomic E-state index is 12.6. The average molecular weight is 292 g/mol. The lowest BCUT2D eigenvalue weighted by Crippen LogP contribution is -2.21. The van der Waals surface area contributed by atoms with E-state index in [-0.39, 0.29) is 12.2 Å². The second kappa shape index (κ2) is 4.92. The molecule has 0 amide bonds. The number of hydrogen-bond acceptors (Lipinski definition) is 3. The van der Waals surface area contributed by atoms with Gasteiger partial charge in [-0.05, 0) is 31.5 Å². The predicted octanol–water partition coefficient (Wildman–Crippen LogP) is 2.22. The summed E-state index contributed by atoms with van der Waals surface area (Å²) in [4.78, 5) is 12.6. The minimum absolute atomic E-state index is 0.0456. The van der Waals surface area contributed by atoms with Gasteiger partial charge in [0, 0.05) is 29.3 Å². The molecule has 5 nitrogen and oxygen atoms in total. The fourth-order valence-electron chi connectivity index (χ4n) is 2.51. The summed E-state index contributed by atoms with van der Waals surface area (Å²) >= 11 is 6.06. The molecule has 0 saturated carbocycles. The molecule has 0 atom stereocenters. The van der Waals surface area contributed by atoms with E-state index in [1.807, 2.05) is 19.1 Å². The predicted molar refractivity (Wildman–Crippen MR) is 79.3 cm³/mol. The van der Waals surface area contributed by atoms with Crippen molar-refractivity contribution in [3.05, 3.63) is 39.3 Å². The highest BCUT2D eigenvalue weighted by Gasteiger charge is 2.15. The maximum Gasteiger partial charge on any atom is 0.262 e. The monoisotopic (exact) mass is 291 g/mol. The van der Waals surface area contributed by atoms with Gasteiger partial charge in [0.15, 0.2) is 0 Å². The van der Waals surface area contributed by atoms with E-state index in [1.54, 1.807) is 10.6 Å². The van der Waals surface area contributed by atoms with Crippen LogP contribution in [0.5, 0.6) is 0 Å². The highest BCUT2D eigenvalue weighted by molar-refractivity contribution is 6.31. The highest BCUT2D eigenvalue weighted by atomic mass is 35.5. The first-order valence-corrected chi connectivity index (χ1v) is 6.79. The largest absolute Gasteiger partial charge is 0.396 e. The van der Waals surface area contributed by atoms with Gasteiger partial charge >= 0.3 is 0 Å². The van der Waals surface area contributed by atoms with Crippen LogP contribution < -0.4 is 5.56 Å². The van der Waals surface area contributed by atoms with Crippen LogP contribution in [0, 0.1) is 6.92 Å². The molecule has 0 fully saturated rings. The molecule has 0 aliphatic carbocycles. The SMILES string of the molecule is Cc1[nH]nc2c1c(=O)n(CCCO)c1ccc(Cl)cc21. The van der Waals surface area contributed by atoms with Gasteiger partial charge in [0.25, 0.3) is 5.56 Å². The average Bonchev–Trinajstić information content (AvgIpc) is 2.82. The van der Waals surface area contributed by atoms with Crippen LogP contribution in [0.2, 0.25) is 5.02 Å². The summed E-state index contributed by atoms with van der Waals surface area (Å²) in [6.45, 7) is 2.33. The van der Waals surface area contributed by atoms with E-state index in [9.17, 15) is 4.79 Å². The van der Waals surface area contributed by atoms with Gasteiger partial charge in [0.05, 0.1) is 10.9 Å². The lowest BCUT2D eigenvalue weighted by atomic mass is 10.1. The fraction of sp³-hybridized carbons (Fsp3) is 0.286. The Morgan fingerprint density at radius 3 is 3.00 bits per heavy atom. The van der Waals surface area contributed by atoms with Crippen molar-refractivity contribution < 1.29 is 5.11 Å². The number of nitrogens with one attached hydrogen (secondary N) is 1. The number of hydrogen-bond donors (Lipinski definition) is 2. The summed E-state index contributed by atoms with van der Waals surface area (Å²) in [5.41, 5.74) is 2.08. The van der Waals surface area contributed by atoms with Gasteiger partial charge in [0.1, 0.15) is 5.52 Å². The quantitative estimate of drug-likeness (QED) is 0.777. The van der Waals surface area contributed by atoms with E-state index in [1.165, 1.54) is 0 Å². The van der Waals surface area contributed by atoms with E-state index in [2.05, 4.69) is 10.2 Å². The molecule has 2 heterocycles. The van der Waals surface area contributed by atoms with Crippen molar-refractivity contribution in [1.29, 1.82) is 0 Å². The van der Waals surface area contributed by atoms with E-state index < -0.39 is 0 Å². The molecule has 3 aromatic rings. The summed E-state index contributed by atoms with van der Waals surface area (Å²) in [5, 5.41) is 18.1. The Kier molecular flexibility index (Phi) is 3.23. The van der Waals surface area contributed by atoms with Gasteiger partial charge in [-0.2, -0.15) is 5.10 Å². The molecule has 0 radical (unpaired) electrons. The van der Waals surface area contributed by atoms with Crippen molar-refractivity contribution in [2.24, 2.45) is 0 Å². The van der Waals surface area contributed by atoms with Crippen LogP contribution >= 0.6 is 11.6 Å². The smallest absolute Gasteiger partial charge is 0.262 e.